The third kappa shape index (κ3) is 6.89. The van der Waals surface area contributed by atoms with Gasteiger partial charge in [-0.2, -0.15) is 0 Å². The topological polar surface area (TPSA) is 44.8 Å². The van der Waals surface area contributed by atoms with E-state index in [2.05, 4.69) is 6.92 Å². The molecule has 0 fully saturated rings. The van der Waals surface area contributed by atoms with Gasteiger partial charge >= 0.3 is 11.7 Å². The number of halogens is 1. The average Bonchev–Trinajstić information content (AvgIpc) is 2.68. The number of benzene rings is 2. The van der Waals surface area contributed by atoms with Gasteiger partial charge in [0.05, 0.1) is 6.61 Å². The van der Waals surface area contributed by atoms with Crippen LogP contribution >= 0.6 is 40.4 Å². The molecule has 2 aromatic carbocycles. The largest absolute Gasteiger partial charge is 0.462 e. The van der Waals surface area contributed by atoms with Crippen molar-refractivity contribution in [2.24, 2.45) is 0 Å². The van der Waals surface area contributed by atoms with Crippen molar-refractivity contribution in [1.82, 2.24) is 0 Å². The van der Waals surface area contributed by atoms with Crippen molar-refractivity contribution in [3.8, 4) is 11.5 Å². The monoisotopic (exact) mass is 476 g/mol. The third-order valence-corrected chi connectivity index (χ3v) is 9.46. The highest BCUT2D eigenvalue weighted by Crippen LogP contribution is 2.60. The molecule has 0 amide bonds. The molecule has 0 bridgehead atoms. The van der Waals surface area contributed by atoms with Gasteiger partial charge in [0.1, 0.15) is 17.1 Å². The zero-order chi connectivity index (χ0) is 20.6. The van der Waals surface area contributed by atoms with E-state index >= 15 is 0 Å². The van der Waals surface area contributed by atoms with Crippen LogP contribution in [0.3, 0.4) is 0 Å². The lowest BCUT2D eigenvalue weighted by atomic mass is 10.2. The number of carbonyl (C=O) groups excluding carboxylic acids is 1. The molecule has 1 atom stereocenters. The van der Waals surface area contributed by atoms with Crippen LogP contribution < -0.4 is 9.05 Å². The Hall–Kier alpha value is -0.850. The lowest BCUT2D eigenvalue weighted by Gasteiger charge is -2.24. The van der Waals surface area contributed by atoms with Gasteiger partial charge in [-0.25, -0.2) is 4.79 Å². The van der Waals surface area contributed by atoms with E-state index in [1.54, 1.807) is 30.8 Å². The normalized spacial score (nSPS) is 12.9. The van der Waals surface area contributed by atoms with Crippen molar-refractivity contribution in [3.05, 3.63) is 53.1 Å². The second kappa shape index (κ2) is 11.4. The van der Waals surface area contributed by atoms with Crippen molar-refractivity contribution in [2.75, 3.05) is 18.6 Å². The Morgan fingerprint density at radius 2 is 1.86 bits per heavy atom. The number of hydrogen-bond acceptors (Lipinski definition) is 7. The average molecular weight is 477 g/mol. The second-order valence-corrected chi connectivity index (χ2v) is 13.1. The Morgan fingerprint density at radius 1 is 1.14 bits per heavy atom. The Kier molecular flexibility index (Phi) is 9.51. The molecule has 0 aliphatic heterocycles. The van der Waals surface area contributed by atoms with E-state index in [9.17, 15) is 4.79 Å². The van der Waals surface area contributed by atoms with Gasteiger partial charge in [-0.1, -0.05) is 18.5 Å². The summed E-state index contributed by atoms with van der Waals surface area (Å²) < 4.78 is 17.3. The first-order valence-corrected chi connectivity index (χ1v) is 14.5. The zero-order valence-corrected chi connectivity index (χ0v) is 19.9. The first-order chi connectivity index (χ1) is 13.4. The van der Waals surface area contributed by atoms with E-state index in [1.807, 2.05) is 30.5 Å². The molecule has 4 nitrogen and oxygen atoms in total. The molecule has 0 saturated carbocycles. The van der Waals surface area contributed by atoms with Crippen LogP contribution in [-0.4, -0.2) is 24.6 Å². The van der Waals surface area contributed by atoms with Gasteiger partial charge in [-0.05, 0) is 85.3 Å². The minimum absolute atomic E-state index is 0.238. The zero-order valence-electron chi connectivity index (χ0n) is 15.8. The standard InChI is InChI=1S/C19H22ClO4PS3/c1-4-12-28-25(26,23-15-7-9-16(27-3)10-8-15)24-18-11-6-14(20)13-17(18)19(21)22-5-2/h6-11,13H,4-5,12H2,1-3H3/t25-/m0/s1. The van der Waals surface area contributed by atoms with Crippen LogP contribution in [0.5, 0.6) is 11.5 Å². The summed E-state index contributed by atoms with van der Waals surface area (Å²) in [5.74, 6) is 1.22. The maximum atomic E-state index is 12.3. The molecule has 0 unspecified atom stereocenters. The third-order valence-electron chi connectivity index (χ3n) is 3.38. The van der Waals surface area contributed by atoms with Crippen molar-refractivity contribution in [3.63, 3.8) is 0 Å². The van der Waals surface area contributed by atoms with Crippen LogP contribution in [0.4, 0.5) is 0 Å². The smallest absolute Gasteiger partial charge is 0.348 e. The molecule has 0 aliphatic rings. The molecule has 152 valence electrons. The van der Waals surface area contributed by atoms with Crippen molar-refractivity contribution in [2.45, 2.75) is 25.2 Å². The lowest BCUT2D eigenvalue weighted by molar-refractivity contribution is 0.0524. The van der Waals surface area contributed by atoms with Gasteiger partial charge in [0.2, 0.25) is 0 Å². The predicted octanol–water partition coefficient (Wildman–Crippen LogP) is 7.06. The summed E-state index contributed by atoms with van der Waals surface area (Å²) in [7, 11) is 0. The van der Waals surface area contributed by atoms with E-state index in [0.29, 0.717) is 16.5 Å². The predicted molar refractivity (Wildman–Crippen MR) is 124 cm³/mol. The highest BCUT2D eigenvalue weighted by Gasteiger charge is 2.26. The van der Waals surface area contributed by atoms with E-state index in [0.717, 1.165) is 17.1 Å². The summed E-state index contributed by atoms with van der Waals surface area (Å²) in [4.78, 5) is 13.4. The summed E-state index contributed by atoms with van der Waals surface area (Å²) in [6, 6.07) is 12.5. The lowest BCUT2D eigenvalue weighted by Crippen LogP contribution is -2.08. The minimum atomic E-state index is -2.81. The van der Waals surface area contributed by atoms with E-state index in [4.69, 9.17) is 37.2 Å². The Balaban J connectivity index is 2.32. The Morgan fingerprint density at radius 3 is 2.46 bits per heavy atom. The van der Waals surface area contributed by atoms with Crippen LogP contribution in [0.2, 0.25) is 5.02 Å². The molecule has 0 radical (unpaired) electrons. The number of thioether (sulfide) groups is 1. The van der Waals surface area contributed by atoms with Gasteiger partial charge in [0, 0.05) is 15.7 Å². The van der Waals surface area contributed by atoms with Gasteiger partial charge in [-0.3, -0.25) is 0 Å². The summed E-state index contributed by atoms with van der Waals surface area (Å²) in [6.07, 6.45) is 2.93. The molecule has 0 spiro atoms. The van der Waals surface area contributed by atoms with Crippen LogP contribution in [0.25, 0.3) is 0 Å². The molecule has 0 N–H and O–H groups in total. The SMILES string of the molecule is CCCS[P@@](=S)(Oc1ccc(SC)cc1)Oc1ccc(Cl)cc1C(=O)OCC. The first kappa shape index (κ1) is 23.4. The summed E-state index contributed by atoms with van der Waals surface area (Å²) in [5, 5.41) is 0.415. The molecule has 9 heteroatoms. The molecule has 2 aromatic rings. The fourth-order valence-corrected chi connectivity index (χ4v) is 7.22. The number of carbonyl (C=O) groups is 1. The number of esters is 1. The van der Waals surface area contributed by atoms with Crippen molar-refractivity contribution < 1.29 is 18.6 Å². The number of ether oxygens (including phenoxy) is 1. The minimum Gasteiger partial charge on any atom is -0.462 e. The second-order valence-electron chi connectivity index (χ2n) is 5.50. The van der Waals surface area contributed by atoms with Crippen molar-refractivity contribution >= 4 is 58.2 Å². The van der Waals surface area contributed by atoms with E-state index in [1.165, 1.54) is 17.4 Å². The van der Waals surface area contributed by atoms with Gasteiger partial charge in [0.25, 0.3) is 0 Å². The number of hydrogen-bond donors (Lipinski definition) is 0. The molecule has 2 rings (SSSR count). The maximum Gasteiger partial charge on any atom is 0.348 e. The summed E-state index contributed by atoms with van der Waals surface area (Å²) >= 11 is 14.9. The molecular weight excluding hydrogens is 455 g/mol. The number of rotatable bonds is 10. The van der Waals surface area contributed by atoms with Gasteiger partial charge < -0.3 is 13.8 Å². The summed E-state index contributed by atoms with van der Waals surface area (Å²) in [5.41, 5.74) is -2.57. The van der Waals surface area contributed by atoms with Crippen LogP contribution in [-0.2, 0) is 16.5 Å². The maximum absolute atomic E-state index is 12.3. The molecular formula is C19H22ClO4PS3. The molecule has 0 aromatic heterocycles. The summed E-state index contributed by atoms with van der Waals surface area (Å²) in [6.45, 7) is 4.06. The fourth-order valence-electron chi connectivity index (χ4n) is 2.11. The van der Waals surface area contributed by atoms with Crippen LogP contribution in [0, 0.1) is 0 Å². The molecule has 0 saturated heterocycles. The quantitative estimate of drug-likeness (QED) is 0.206. The van der Waals surface area contributed by atoms with Crippen LogP contribution in [0.15, 0.2) is 47.4 Å². The highest BCUT2D eigenvalue weighted by molar-refractivity contribution is 8.68. The van der Waals surface area contributed by atoms with Crippen molar-refractivity contribution in [1.29, 1.82) is 0 Å². The Bertz CT molecular complexity index is 846. The van der Waals surface area contributed by atoms with Gasteiger partial charge in [-0.15, -0.1) is 11.8 Å². The van der Waals surface area contributed by atoms with E-state index in [-0.39, 0.29) is 12.2 Å². The Labute approximate surface area is 184 Å². The van der Waals surface area contributed by atoms with Crippen LogP contribution in [0.1, 0.15) is 30.6 Å². The molecule has 28 heavy (non-hydrogen) atoms. The van der Waals surface area contributed by atoms with E-state index < -0.39 is 11.7 Å². The fraction of sp³-hybridized carbons (Fsp3) is 0.316. The van der Waals surface area contributed by atoms with Gasteiger partial charge in [0.15, 0.2) is 0 Å². The molecule has 0 heterocycles. The first-order valence-electron chi connectivity index (χ1n) is 8.65. The molecule has 0 aliphatic carbocycles. The highest BCUT2D eigenvalue weighted by atomic mass is 35.5.